The highest BCUT2D eigenvalue weighted by Crippen LogP contribution is 2.38. The average molecular weight is 567 g/mol. The molecule has 0 bridgehead atoms. The van der Waals surface area contributed by atoms with Crippen molar-refractivity contribution >= 4 is 50.8 Å². The van der Waals surface area contributed by atoms with Crippen LogP contribution in [-0.2, 0) is 32.6 Å². The van der Waals surface area contributed by atoms with Crippen LogP contribution in [0.3, 0.4) is 0 Å². The van der Waals surface area contributed by atoms with Crippen molar-refractivity contribution in [2.75, 3.05) is 32.9 Å². The maximum atomic E-state index is 12.8. The van der Waals surface area contributed by atoms with Crippen LogP contribution in [-0.4, -0.2) is 63.2 Å². The normalized spacial score (nSPS) is 17.2. The molecule has 1 atom stereocenters. The van der Waals surface area contributed by atoms with Gasteiger partial charge in [-0.25, -0.2) is 17.9 Å². The smallest absolute Gasteiger partial charge is 0.410 e. The van der Waals surface area contributed by atoms with Crippen LogP contribution in [0.4, 0.5) is 4.79 Å². The van der Waals surface area contributed by atoms with Gasteiger partial charge < -0.3 is 14.5 Å². The molecule has 1 aliphatic carbocycles. The number of aryl methyl sites for hydroxylation is 1. The number of halogens is 2. The van der Waals surface area contributed by atoms with Gasteiger partial charge in [-0.05, 0) is 71.4 Å². The highest BCUT2D eigenvalue weighted by Gasteiger charge is 2.30. The van der Waals surface area contributed by atoms with E-state index in [0.29, 0.717) is 29.6 Å². The minimum Gasteiger partial charge on any atom is -0.445 e. The van der Waals surface area contributed by atoms with Gasteiger partial charge in [-0.2, -0.15) is 0 Å². The second-order valence-electron chi connectivity index (χ2n) is 9.32. The van der Waals surface area contributed by atoms with Crippen LogP contribution in [0.15, 0.2) is 42.5 Å². The van der Waals surface area contributed by atoms with Crippen molar-refractivity contribution in [3.63, 3.8) is 0 Å². The van der Waals surface area contributed by atoms with E-state index in [0.717, 1.165) is 41.4 Å². The SMILES string of the molecule is CN(C(=O)OCc1cc(Cl)cc(Cl)c1)C1CCc2ccc(C3=CCN(C(=O)CNS(C)(=O)=O)CC3)cc21. The molecule has 0 saturated carbocycles. The highest BCUT2D eigenvalue weighted by atomic mass is 35.5. The Labute approximate surface area is 227 Å². The van der Waals surface area contributed by atoms with Crippen molar-refractivity contribution in [1.29, 1.82) is 0 Å². The number of rotatable bonds is 7. The highest BCUT2D eigenvalue weighted by molar-refractivity contribution is 7.88. The topological polar surface area (TPSA) is 96.0 Å². The number of hydrogen-bond acceptors (Lipinski definition) is 5. The van der Waals surface area contributed by atoms with Crippen LogP contribution in [0, 0.1) is 0 Å². The lowest BCUT2D eigenvalue weighted by Crippen LogP contribution is -2.41. The standard InChI is InChI=1S/C26H29Cl2N3O5S/c1-30(26(33)36-16-17-11-21(27)14-22(28)12-17)24-6-5-19-3-4-20(13-23(19)24)18-7-9-31(10-8-18)25(32)15-29-37(2,34)35/h3-4,7,11-14,24,29H,5-6,8-10,15-16H2,1-2H3. The molecular weight excluding hydrogens is 537 g/mol. The van der Waals surface area contributed by atoms with E-state index in [1.165, 1.54) is 5.56 Å². The van der Waals surface area contributed by atoms with Gasteiger partial charge in [0.2, 0.25) is 15.9 Å². The third kappa shape index (κ3) is 7.04. The van der Waals surface area contributed by atoms with Crippen molar-refractivity contribution in [2.45, 2.75) is 31.9 Å². The van der Waals surface area contributed by atoms with Crippen molar-refractivity contribution < 1.29 is 22.7 Å². The quantitative estimate of drug-likeness (QED) is 0.536. The van der Waals surface area contributed by atoms with E-state index in [1.54, 1.807) is 35.0 Å². The largest absolute Gasteiger partial charge is 0.445 e. The zero-order valence-corrected chi connectivity index (χ0v) is 23.0. The first-order valence-electron chi connectivity index (χ1n) is 11.9. The van der Waals surface area contributed by atoms with Crippen LogP contribution in [0.1, 0.15) is 41.1 Å². The fourth-order valence-electron chi connectivity index (χ4n) is 4.71. The molecule has 1 heterocycles. The Balaban J connectivity index is 1.40. The predicted octanol–water partition coefficient (Wildman–Crippen LogP) is 4.41. The molecule has 11 heteroatoms. The lowest BCUT2D eigenvalue weighted by Gasteiger charge is -2.28. The van der Waals surface area contributed by atoms with Gasteiger partial charge in [0.1, 0.15) is 6.61 Å². The Hall–Kier alpha value is -2.59. The van der Waals surface area contributed by atoms with E-state index >= 15 is 0 Å². The molecule has 1 aliphatic heterocycles. The van der Waals surface area contributed by atoms with E-state index in [9.17, 15) is 18.0 Å². The lowest BCUT2D eigenvalue weighted by atomic mass is 9.95. The molecule has 0 spiro atoms. The molecule has 0 fully saturated rings. The summed E-state index contributed by atoms with van der Waals surface area (Å²) in [6.45, 7) is 0.760. The Morgan fingerprint density at radius 1 is 1.14 bits per heavy atom. The maximum absolute atomic E-state index is 12.8. The van der Waals surface area contributed by atoms with Gasteiger partial charge in [0.15, 0.2) is 0 Å². The summed E-state index contributed by atoms with van der Waals surface area (Å²) in [5.74, 6) is -0.255. The molecule has 37 heavy (non-hydrogen) atoms. The number of nitrogens with zero attached hydrogens (tertiary/aromatic N) is 2. The molecule has 0 radical (unpaired) electrons. The summed E-state index contributed by atoms with van der Waals surface area (Å²) in [6, 6.07) is 11.3. The second-order valence-corrected chi connectivity index (χ2v) is 12.0. The molecule has 2 aliphatic rings. The third-order valence-corrected chi connectivity index (χ3v) is 7.76. The minimum absolute atomic E-state index is 0.0743. The van der Waals surface area contributed by atoms with Gasteiger partial charge in [0.25, 0.3) is 0 Å². The van der Waals surface area contributed by atoms with E-state index in [-0.39, 0.29) is 25.1 Å². The van der Waals surface area contributed by atoms with Gasteiger partial charge in [-0.3, -0.25) is 4.79 Å². The molecule has 0 aromatic heterocycles. The number of hydrogen-bond donors (Lipinski definition) is 1. The Morgan fingerprint density at radius 3 is 2.51 bits per heavy atom. The monoisotopic (exact) mass is 565 g/mol. The molecule has 1 unspecified atom stereocenters. The van der Waals surface area contributed by atoms with Gasteiger partial charge in [0.05, 0.1) is 18.8 Å². The molecule has 2 amide bonds. The number of amides is 2. The van der Waals surface area contributed by atoms with Crippen LogP contribution in [0.5, 0.6) is 0 Å². The second kappa shape index (κ2) is 11.4. The van der Waals surface area contributed by atoms with Crippen molar-refractivity contribution in [3.8, 4) is 0 Å². The number of fused-ring (bicyclic) bond motifs is 1. The zero-order valence-electron chi connectivity index (χ0n) is 20.7. The Kier molecular flexibility index (Phi) is 8.48. The molecule has 4 rings (SSSR count). The van der Waals surface area contributed by atoms with Gasteiger partial charge in [0, 0.05) is 30.2 Å². The van der Waals surface area contributed by atoms with Gasteiger partial charge in [-0.15, -0.1) is 0 Å². The summed E-state index contributed by atoms with van der Waals surface area (Å²) in [5, 5.41) is 0.971. The molecule has 198 valence electrons. The first kappa shape index (κ1) is 27.4. The molecule has 8 nitrogen and oxygen atoms in total. The van der Waals surface area contributed by atoms with Crippen LogP contribution < -0.4 is 4.72 Å². The lowest BCUT2D eigenvalue weighted by molar-refractivity contribution is -0.129. The summed E-state index contributed by atoms with van der Waals surface area (Å²) >= 11 is 12.1. The van der Waals surface area contributed by atoms with E-state index < -0.39 is 16.1 Å². The number of carbonyl (C=O) groups is 2. The van der Waals surface area contributed by atoms with Crippen molar-refractivity contribution in [2.24, 2.45) is 0 Å². The number of carbonyl (C=O) groups excluding carboxylic acids is 2. The minimum atomic E-state index is -3.42. The Bertz CT molecular complexity index is 1330. The van der Waals surface area contributed by atoms with E-state index in [4.69, 9.17) is 27.9 Å². The molecule has 2 aromatic rings. The van der Waals surface area contributed by atoms with Crippen LogP contribution in [0.25, 0.3) is 5.57 Å². The fourth-order valence-corrected chi connectivity index (χ4v) is 5.67. The molecule has 0 saturated heterocycles. The predicted molar refractivity (Wildman–Crippen MR) is 144 cm³/mol. The molecule has 1 N–H and O–H groups in total. The summed E-state index contributed by atoms with van der Waals surface area (Å²) in [5.41, 5.74) is 5.20. The fraction of sp³-hybridized carbons (Fsp3) is 0.385. The number of benzene rings is 2. The summed E-state index contributed by atoms with van der Waals surface area (Å²) < 4.78 is 30.3. The number of sulfonamides is 1. The summed E-state index contributed by atoms with van der Waals surface area (Å²) in [4.78, 5) is 28.4. The van der Waals surface area contributed by atoms with Crippen molar-refractivity contribution in [3.05, 3.63) is 74.8 Å². The third-order valence-electron chi connectivity index (χ3n) is 6.65. The van der Waals surface area contributed by atoms with E-state index in [2.05, 4.69) is 22.9 Å². The van der Waals surface area contributed by atoms with Crippen molar-refractivity contribution in [1.82, 2.24) is 14.5 Å². The van der Waals surface area contributed by atoms with Crippen LogP contribution >= 0.6 is 23.2 Å². The number of ether oxygens (including phenoxy) is 1. The molecular formula is C26H29Cl2N3O5S. The first-order chi connectivity index (χ1) is 17.5. The summed E-state index contributed by atoms with van der Waals surface area (Å²) in [7, 11) is -1.67. The van der Waals surface area contributed by atoms with Gasteiger partial charge in [-0.1, -0.05) is 41.4 Å². The average Bonchev–Trinajstić information content (AvgIpc) is 3.27. The number of nitrogens with one attached hydrogen (secondary N) is 1. The maximum Gasteiger partial charge on any atom is 0.410 e. The van der Waals surface area contributed by atoms with Crippen LogP contribution in [0.2, 0.25) is 10.0 Å². The Morgan fingerprint density at radius 2 is 1.86 bits per heavy atom. The summed E-state index contributed by atoms with van der Waals surface area (Å²) in [6.07, 6.45) is 4.95. The van der Waals surface area contributed by atoms with Gasteiger partial charge >= 0.3 is 6.09 Å². The van der Waals surface area contributed by atoms with E-state index in [1.807, 2.05) is 6.08 Å². The zero-order chi connectivity index (χ0) is 26.7. The molecule has 2 aromatic carbocycles. The first-order valence-corrected chi connectivity index (χ1v) is 14.5.